The molecule has 0 fully saturated rings. The molecule has 0 heterocycles. The molecule has 1 nitrogen and oxygen atoms in total. The lowest BCUT2D eigenvalue weighted by atomic mass is 9.82. The summed E-state index contributed by atoms with van der Waals surface area (Å²) in [6, 6.07) is 14.8. The average molecular weight is 300 g/mol. The van der Waals surface area contributed by atoms with Crippen LogP contribution < -0.4 is 5.73 Å². The lowest BCUT2D eigenvalue weighted by Gasteiger charge is -2.28. The first kappa shape index (κ1) is 14.6. The first-order valence-electron chi connectivity index (χ1n) is 7.70. The van der Waals surface area contributed by atoms with Crippen LogP contribution in [0.25, 0.3) is 0 Å². The fourth-order valence-corrected chi connectivity index (χ4v) is 3.34. The van der Waals surface area contributed by atoms with Crippen molar-refractivity contribution in [3.05, 3.63) is 69.7 Å². The highest BCUT2D eigenvalue weighted by molar-refractivity contribution is 6.30. The Kier molecular flexibility index (Phi) is 4.05. The van der Waals surface area contributed by atoms with E-state index >= 15 is 0 Å². The van der Waals surface area contributed by atoms with Crippen molar-refractivity contribution in [3.8, 4) is 0 Å². The third kappa shape index (κ3) is 3.30. The minimum absolute atomic E-state index is 0.347. The molecule has 0 saturated heterocycles. The van der Waals surface area contributed by atoms with Gasteiger partial charge in [0.25, 0.3) is 0 Å². The van der Waals surface area contributed by atoms with E-state index in [9.17, 15) is 0 Å². The topological polar surface area (TPSA) is 26.0 Å². The van der Waals surface area contributed by atoms with Gasteiger partial charge in [0.05, 0.1) is 0 Å². The van der Waals surface area contributed by atoms with Gasteiger partial charge in [0, 0.05) is 10.6 Å². The molecule has 0 aliphatic heterocycles. The van der Waals surface area contributed by atoms with E-state index < -0.39 is 0 Å². The second kappa shape index (κ2) is 5.82. The molecular formula is C19H22ClN. The van der Waals surface area contributed by atoms with Crippen molar-refractivity contribution < 1.29 is 0 Å². The van der Waals surface area contributed by atoms with Gasteiger partial charge in [-0.05, 0) is 73.4 Å². The normalized spacial score (nSPS) is 17.1. The predicted octanol–water partition coefficient (Wildman–Crippen LogP) is 4.64. The zero-order chi connectivity index (χ0) is 14.9. The number of benzene rings is 2. The molecule has 0 amide bonds. The van der Waals surface area contributed by atoms with E-state index in [1.807, 2.05) is 12.1 Å². The van der Waals surface area contributed by atoms with Crippen LogP contribution in [0.15, 0.2) is 42.5 Å². The van der Waals surface area contributed by atoms with Crippen molar-refractivity contribution in [2.24, 2.45) is 5.73 Å². The highest BCUT2D eigenvalue weighted by Crippen LogP contribution is 2.28. The zero-order valence-electron chi connectivity index (χ0n) is 12.5. The smallest absolute Gasteiger partial charge is 0.0421 e. The van der Waals surface area contributed by atoms with Gasteiger partial charge in [-0.1, -0.05) is 41.9 Å². The van der Waals surface area contributed by atoms with E-state index in [1.165, 1.54) is 47.9 Å². The number of rotatable bonds is 3. The van der Waals surface area contributed by atoms with Gasteiger partial charge >= 0.3 is 0 Å². The molecule has 0 radical (unpaired) electrons. The molecule has 2 aromatic carbocycles. The van der Waals surface area contributed by atoms with Crippen LogP contribution in [0.3, 0.4) is 0 Å². The molecule has 3 rings (SSSR count). The van der Waals surface area contributed by atoms with Crippen LogP contribution in [0, 0.1) is 0 Å². The Hall–Kier alpha value is -1.31. The molecule has 2 N–H and O–H groups in total. The molecule has 0 saturated carbocycles. The Bertz CT molecular complexity index is 629. The summed E-state index contributed by atoms with van der Waals surface area (Å²) >= 11 is 5.95. The van der Waals surface area contributed by atoms with Gasteiger partial charge < -0.3 is 5.73 Å². The van der Waals surface area contributed by atoms with Crippen LogP contribution in [0.2, 0.25) is 5.02 Å². The van der Waals surface area contributed by atoms with Crippen LogP contribution in [0.4, 0.5) is 0 Å². The molecular weight excluding hydrogens is 278 g/mol. The van der Waals surface area contributed by atoms with E-state index in [0.29, 0.717) is 0 Å². The Morgan fingerprint density at radius 1 is 1.00 bits per heavy atom. The van der Waals surface area contributed by atoms with Crippen molar-refractivity contribution >= 4 is 11.6 Å². The predicted molar refractivity (Wildman–Crippen MR) is 89.8 cm³/mol. The quantitative estimate of drug-likeness (QED) is 0.878. The summed E-state index contributed by atoms with van der Waals surface area (Å²) in [7, 11) is 0. The van der Waals surface area contributed by atoms with Gasteiger partial charge in [-0.25, -0.2) is 0 Å². The van der Waals surface area contributed by atoms with E-state index in [0.717, 1.165) is 11.4 Å². The van der Waals surface area contributed by atoms with Crippen molar-refractivity contribution in [2.75, 3.05) is 0 Å². The molecule has 0 bridgehead atoms. The second-order valence-electron chi connectivity index (χ2n) is 6.41. The summed E-state index contributed by atoms with van der Waals surface area (Å²) < 4.78 is 0. The highest BCUT2D eigenvalue weighted by atomic mass is 35.5. The number of halogens is 1. The van der Waals surface area contributed by atoms with Crippen LogP contribution in [0.5, 0.6) is 0 Å². The Labute approximate surface area is 132 Å². The standard InChI is InChI=1S/C19H22ClN/c1-19(21,13-14-6-10-18(20)11-7-14)17-9-8-15-4-2-3-5-16(15)12-17/h6-12H,2-5,13,21H2,1H3. The maximum atomic E-state index is 6.61. The third-order valence-corrected chi connectivity index (χ3v) is 4.74. The maximum Gasteiger partial charge on any atom is 0.0421 e. The summed E-state index contributed by atoms with van der Waals surface area (Å²) in [5.74, 6) is 0. The highest BCUT2D eigenvalue weighted by Gasteiger charge is 2.23. The molecule has 2 heteroatoms. The largest absolute Gasteiger partial charge is 0.321 e. The SMILES string of the molecule is CC(N)(Cc1ccc(Cl)cc1)c1ccc2c(c1)CCCC2. The van der Waals surface area contributed by atoms with Gasteiger partial charge in [0.15, 0.2) is 0 Å². The Morgan fingerprint density at radius 3 is 2.38 bits per heavy atom. The monoisotopic (exact) mass is 299 g/mol. The van der Waals surface area contributed by atoms with Crippen LogP contribution in [-0.4, -0.2) is 0 Å². The number of nitrogens with two attached hydrogens (primary N) is 1. The van der Waals surface area contributed by atoms with E-state index in [1.54, 1.807) is 0 Å². The fourth-order valence-electron chi connectivity index (χ4n) is 3.22. The third-order valence-electron chi connectivity index (χ3n) is 4.49. The molecule has 0 spiro atoms. The number of aryl methyl sites for hydroxylation is 2. The minimum atomic E-state index is -0.347. The van der Waals surface area contributed by atoms with Gasteiger partial charge in [-0.15, -0.1) is 0 Å². The molecule has 1 aliphatic rings. The summed E-state index contributed by atoms with van der Waals surface area (Å²) in [4.78, 5) is 0. The van der Waals surface area contributed by atoms with Crippen LogP contribution in [0.1, 0.15) is 42.0 Å². The lowest BCUT2D eigenvalue weighted by Crippen LogP contribution is -2.35. The number of fused-ring (bicyclic) bond motifs is 1. The lowest BCUT2D eigenvalue weighted by molar-refractivity contribution is 0.490. The summed E-state index contributed by atoms with van der Waals surface area (Å²) in [5, 5.41) is 0.770. The maximum absolute atomic E-state index is 6.61. The van der Waals surface area contributed by atoms with Crippen molar-refractivity contribution in [2.45, 2.75) is 44.6 Å². The van der Waals surface area contributed by atoms with E-state index in [-0.39, 0.29) is 5.54 Å². The Balaban J connectivity index is 1.85. The van der Waals surface area contributed by atoms with Crippen molar-refractivity contribution in [3.63, 3.8) is 0 Å². The minimum Gasteiger partial charge on any atom is -0.321 e. The number of hydrogen-bond acceptors (Lipinski definition) is 1. The molecule has 1 atom stereocenters. The molecule has 110 valence electrons. The molecule has 0 aromatic heterocycles. The molecule has 21 heavy (non-hydrogen) atoms. The Morgan fingerprint density at radius 2 is 1.67 bits per heavy atom. The van der Waals surface area contributed by atoms with Crippen LogP contribution >= 0.6 is 11.6 Å². The van der Waals surface area contributed by atoms with Crippen molar-refractivity contribution in [1.29, 1.82) is 0 Å². The fraction of sp³-hybridized carbons (Fsp3) is 0.368. The van der Waals surface area contributed by atoms with Gasteiger partial charge in [0.1, 0.15) is 0 Å². The zero-order valence-corrected chi connectivity index (χ0v) is 13.3. The van der Waals surface area contributed by atoms with Gasteiger partial charge in [-0.3, -0.25) is 0 Å². The van der Waals surface area contributed by atoms with E-state index in [2.05, 4.69) is 37.3 Å². The van der Waals surface area contributed by atoms with Gasteiger partial charge in [-0.2, -0.15) is 0 Å². The molecule has 1 aliphatic carbocycles. The average Bonchev–Trinajstić information content (AvgIpc) is 2.49. The van der Waals surface area contributed by atoms with Gasteiger partial charge in [0.2, 0.25) is 0 Å². The second-order valence-corrected chi connectivity index (χ2v) is 6.85. The first-order chi connectivity index (χ1) is 10.0. The summed E-state index contributed by atoms with van der Waals surface area (Å²) in [6.45, 7) is 2.12. The molecule has 1 unspecified atom stereocenters. The summed E-state index contributed by atoms with van der Waals surface area (Å²) in [6.07, 6.45) is 5.85. The van der Waals surface area contributed by atoms with E-state index in [4.69, 9.17) is 17.3 Å². The summed E-state index contributed by atoms with van der Waals surface area (Å²) in [5.41, 5.74) is 11.7. The first-order valence-corrected chi connectivity index (χ1v) is 8.08. The number of hydrogen-bond donors (Lipinski definition) is 1. The van der Waals surface area contributed by atoms with Crippen LogP contribution in [-0.2, 0) is 24.8 Å². The van der Waals surface area contributed by atoms with Crippen molar-refractivity contribution in [1.82, 2.24) is 0 Å². The molecule has 2 aromatic rings.